The van der Waals surface area contributed by atoms with Crippen molar-refractivity contribution in [3.8, 4) is 0 Å². The largest absolute Gasteiger partial charge is 0.320 e. The lowest BCUT2D eigenvalue weighted by molar-refractivity contribution is 0.250. The second-order valence-electron chi connectivity index (χ2n) is 4.52. The fourth-order valence-corrected chi connectivity index (χ4v) is 3.56. The minimum absolute atomic E-state index is 0.272. The Bertz CT molecular complexity index is 286. The van der Waals surface area contributed by atoms with E-state index in [4.69, 9.17) is 0 Å². The van der Waals surface area contributed by atoms with Gasteiger partial charge in [0.25, 0.3) is 0 Å². The Morgan fingerprint density at radius 1 is 1.38 bits per heavy atom. The zero-order chi connectivity index (χ0) is 12.0. The molecule has 5 heteroatoms. The number of rotatable bonds is 8. The summed E-state index contributed by atoms with van der Waals surface area (Å²) in [5.74, 6) is 0.882. The Kier molecular flexibility index (Phi) is 5.72. The van der Waals surface area contributed by atoms with Crippen LogP contribution in [0.5, 0.6) is 0 Å². The highest BCUT2D eigenvalue weighted by Crippen LogP contribution is 2.27. The van der Waals surface area contributed by atoms with Crippen molar-refractivity contribution in [1.29, 1.82) is 0 Å². The van der Waals surface area contributed by atoms with Crippen molar-refractivity contribution in [1.82, 2.24) is 9.62 Å². The lowest BCUT2D eigenvalue weighted by atomic mass is 9.85. The SMILES string of the molecule is CCN(CC1CCC1)S(=O)(=O)CCCNC. The zero-order valence-electron chi connectivity index (χ0n) is 10.4. The lowest BCUT2D eigenvalue weighted by Crippen LogP contribution is -2.38. The molecule has 1 rings (SSSR count). The highest BCUT2D eigenvalue weighted by Gasteiger charge is 2.26. The molecule has 0 heterocycles. The zero-order valence-corrected chi connectivity index (χ0v) is 11.2. The Hall–Kier alpha value is -0.130. The Morgan fingerprint density at radius 3 is 2.50 bits per heavy atom. The van der Waals surface area contributed by atoms with E-state index in [9.17, 15) is 8.42 Å². The van der Waals surface area contributed by atoms with Gasteiger partial charge in [-0.15, -0.1) is 0 Å². The minimum atomic E-state index is -3.02. The lowest BCUT2D eigenvalue weighted by Gasteiger charge is -2.31. The van der Waals surface area contributed by atoms with E-state index in [-0.39, 0.29) is 5.75 Å². The first kappa shape index (κ1) is 13.9. The number of hydrogen-bond acceptors (Lipinski definition) is 3. The van der Waals surface area contributed by atoms with E-state index in [1.807, 2.05) is 14.0 Å². The molecule has 0 atom stereocenters. The summed E-state index contributed by atoms with van der Waals surface area (Å²) < 4.78 is 25.7. The van der Waals surface area contributed by atoms with Crippen molar-refractivity contribution in [3.05, 3.63) is 0 Å². The Balaban J connectivity index is 2.41. The summed E-state index contributed by atoms with van der Waals surface area (Å²) in [6, 6.07) is 0. The third-order valence-corrected chi connectivity index (χ3v) is 5.26. The summed E-state index contributed by atoms with van der Waals surface area (Å²) in [7, 11) is -1.18. The van der Waals surface area contributed by atoms with E-state index in [0.29, 0.717) is 18.9 Å². The van der Waals surface area contributed by atoms with E-state index in [0.717, 1.165) is 13.1 Å². The molecule has 0 saturated heterocycles. The Labute approximate surface area is 99.5 Å². The minimum Gasteiger partial charge on any atom is -0.320 e. The van der Waals surface area contributed by atoms with Crippen LogP contribution in [0.4, 0.5) is 0 Å². The molecule has 1 aliphatic rings. The summed E-state index contributed by atoms with van der Waals surface area (Å²) in [5, 5.41) is 2.98. The standard InChI is InChI=1S/C11H24N2O2S/c1-3-13(10-11-6-4-7-11)16(14,15)9-5-8-12-2/h11-12H,3-10H2,1-2H3. The Morgan fingerprint density at radius 2 is 2.06 bits per heavy atom. The highest BCUT2D eigenvalue weighted by molar-refractivity contribution is 7.89. The monoisotopic (exact) mass is 248 g/mol. The van der Waals surface area contributed by atoms with Gasteiger partial charge >= 0.3 is 0 Å². The van der Waals surface area contributed by atoms with Crippen molar-refractivity contribution in [3.63, 3.8) is 0 Å². The van der Waals surface area contributed by atoms with E-state index >= 15 is 0 Å². The van der Waals surface area contributed by atoms with Crippen LogP contribution in [0.15, 0.2) is 0 Å². The predicted molar refractivity (Wildman–Crippen MR) is 66.9 cm³/mol. The third kappa shape index (κ3) is 4.03. The topological polar surface area (TPSA) is 49.4 Å². The maximum absolute atomic E-state index is 12.0. The molecule has 16 heavy (non-hydrogen) atoms. The first-order chi connectivity index (χ1) is 7.60. The molecule has 1 saturated carbocycles. The van der Waals surface area contributed by atoms with Crippen molar-refractivity contribution in [2.75, 3.05) is 32.4 Å². The first-order valence-corrected chi connectivity index (χ1v) is 7.83. The van der Waals surface area contributed by atoms with Crippen LogP contribution in [0.3, 0.4) is 0 Å². The molecular formula is C11H24N2O2S. The van der Waals surface area contributed by atoms with Crippen molar-refractivity contribution >= 4 is 10.0 Å². The molecule has 0 aromatic carbocycles. The van der Waals surface area contributed by atoms with Gasteiger partial charge in [0.1, 0.15) is 0 Å². The van der Waals surface area contributed by atoms with Crippen molar-refractivity contribution < 1.29 is 8.42 Å². The number of hydrogen-bond donors (Lipinski definition) is 1. The van der Waals surface area contributed by atoms with E-state index < -0.39 is 10.0 Å². The summed E-state index contributed by atoms with van der Waals surface area (Å²) in [6.07, 6.45) is 4.35. The summed E-state index contributed by atoms with van der Waals surface area (Å²) >= 11 is 0. The average Bonchev–Trinajstić information content (AvgIpc) is 2.16. The van der Waals surface area contributed by atoms with Crippen LogP contribution in [0.1, 0.15) is 32.6 Å². The second-order valence-corrected chi connectivity index (χ2v) is 6.61. The molecule has 0 spiro atoms. The molecule has 1 N–H and O–H groups in total. The third-order valence-electron chi connectivity index (χ3n) is 3.26. The first-order valence-electron chi connectivity index (χ1n) is 6.22. The molecule has 96 valence electrons. The normalized spacial score (nSPS) is 17.7. The van der Waals surface area contributed by atoms with Crippen LogP contribution >= 0.6 is 0 Å². The summed E-state index contributed by atoms with van der Waals surface area (Å²) in [4.78, 5) is 0. The molecule has 4 nitrogen and oxygen atoms in total. The van der Waals surface area contributed by atoms with Crippen LogP contribution in [-0.4, -0.2) is 45.2 Å². The van der Waals surface area contributed by atoms with Gasteiger partial charge in [-0.05, 0) is 38.8 Å². The molecule has 1 fully saturated rings. The molecular weight excluding hydrogens is 224 g/mol. The van der Waals surface area contributed by atoms with Crippen molar-refractivity contribution in [2.45, 2.75) is 32.6 Å². The molecule has 0 aromatic heterocycles. The van der Waals surface area contributed by atoms with Crippen LogP contribution in [-0.2, 0) is 10.0 Å². The van der Waals surface area contributed by atoms with Gasteiger partial charge in [-0.25, -0.2) is 12.7 Å². The van der Waals surface area contributed by atoms with E-state index in [2.05, 4.69) is 5.32 Å². The van der Waals surface area contributed by atoms with Gasteiger partial charge in [0.05, 0.1) is 5.75 Å². The van der Waals surface area contributed by atoms with Gasteiger partial charge in [-0.2, -0.15) is 0 Å². The van der Waals surface area contributed by atoms with Crippen molar-refractivity contribution in [2.24, 2.45) is 5.92 Å². The number of nitrogens with zero attached hydrogens (tertiary/aromatic N) is 1. The molecule has 1 aliphatic carbocycles. The van der Waals surface area contributed by atoms with Crippen LogP contribution < -0.4 is 5.32 Å². The second kappa shape index (κ2) is 6.57. The van der Waals surface area contributed by atoms with Gasteiger partial charge in [0.2, 0.25) is 10.0 Å². The maximum Gasteiger partial charge on any atom is 0.214 e. The van der Waals surface area contributed by atoms with Gasteiger partial charge in [-0.3, -0.25) is 0 Å². The molecule has 0 amide bonds. The fraction of sp³-hybridized carbons (Fsp3) is 1.00. The molecule has 0 radical (unpaired) electrons. The predicted octanol–water partition coefficient (Wildman–Crippen LogP) is 1.05. The molecule has 0 unspecified atom stereocenters. The van der Waals surface area contributed by atoms with E-state index in [1.54, 1.807) is 4.31 Å². The highest BCUT2D eigenvalue weighted by atomic mass is 32.2. The molecule has 0 bridgehead atoms. The van der Waals surface area contributed by atoms with Crippen LogP contribution in [0, 0.1) is 5.92 Å². The summed E-state index contributed by atoms with van der Waals surface area (Å²) in [5.41, 5.74) is 0. The van der Waals surface area contributed by atoms with E-state index in [1.165, 1.54) is 19.3 Å². The van der Waals surface area contributed by atoms with Gasteiger partial charge in [-0.1, -0.05) is 13.3 Å². The van der Waals surface area contributed by atoms with Gasteiger partial charge in [0.15, 0.2) is 0 Å². The number of sulfonamides is 1. The summed E-state index contributed by atoms with van der Waals surface area (Å²) in [6.45, 7) is 4.03. The quantitative estimate of drug-likeness (QED) is 0.653. The molecule has 0 aromatic rings. The fourth-order valence-electron chi connectivity index (χ4n) is 1.96. The average molecular weight is 248 g/mol. The van der Waals surface area contributed by atoms with Crippen LogP contribution in [0.2, 0.25) is 0 Å². The maximum atomic E-state index is 12.0. The van der Waals surface area contributed by atoms with Gasteiger partial charge in [0, 0.05) is 13.1 Å². The van der Waals surface area contributed by atoms with Crippen LogP contribution in [0.25, 0.3) is 0 Å². The molecule has 0 aliphatic heterocycles. The number of nitrogens with one attached hydrogen (secondary N) is 1. The smallest absolute Gasteiger partial charge is 0.214 e. The van der Waals surface area contributed by atoms with Gasteiger partial charge < -0.3 is 5.32 Å².